The van der Waals surface area contributed by atoms with Crippen LogP contribution in [0.3, 0.4) is 0 Å². The van der Waals surface area contributed by atoms with Gasteiger partial charge in [-0.3, -0.25) is 0 Å². The molecule has 8 nitrogen and oxygen atoms in total. The lowest BCUT2D eigenvalue weighted by atomic mass is 10.1. The zero-order chi connectivity index (χ0) is 25.6. The molecule has 0 fully saturated rings. The van der Waals surface area contributed by atoms with E-state index in [0.29, 0.717) is 17.2 Å². The number of hydrogen-bond donors (Lipinski definition) is 2. The molecule has 3 rings (SSSR count). The number of nitrogens with one attached hydrogen (secondary N) is 1. The first-order valence-corrected chi connectivity index (χ1v) is 13.3. The Balaban J connectivity index is 1.94. The van der Waals surface area contributed by atoms with Crippen molar-refractivity contribution < 1.29 is 27.7 Å². The van der Waals surface area contributed by atoms with Crippen molar-refractivity contribution in [2.75, 3.05) is 12.9 Å². The highest BCUT2D eigenvalue weighted by Crippen LogP contribution is 2.33. The Morgan fingerprint density at radius 3 is 2.43 bits per heavy atom. The molecule has 1 unspecified atom stereocenters. The average Bonchev–Trinajstić information content (AvgIpc) is 3.32. The summed E-state index contributed by atoms with van der Waals surface area (Å²) in [6.45, 7) is 7.65. The van der Waals surface area contributed by atoms with E-state index in [1.807, 2.05) is 44.2 Å². The fraction of sp³-hybridized carbons (Fsp3) is 0.346. The topological polar surface area (TPSA) is 111 Å². The van der Waals surface area contributed by atoms with Crippen molar-refractivity contribution in [1.29, 1.82) is 0 Å². The first kappa shape index (κ1) is 26.3. The zero-order valence-electron chi connectivity index (χ0n) is 20.6. The van der Waals surface area contributed by atoms with Gasteiger partial charge in [-0.1, -0.05) is 6.92 Å². The van der Waals surface area contributed by atoms with Crippen molar-refractivity contribution >= 4 is 15.6 Å². The zero-order valence-corrected chi connectivity index (χ0v) is 21.4. The van der Waals surface area contributed by atoms with Gasteiger partial charge in [-0.15, -0.1) is 0 Å². The van der Waals surface area contributed by atoms with Gasteiger partial charge < -0.3 is 24.3 Å². The van der Waals surface area contributed by atoms with Crippen LogP contribution in [0, 0.1) is 0 Å². The third kappa shape index (κ3) is 7.10. The van der Waals surface area contributed by atoms with Crippen LogP contribution in [-0.4, -0.2) is 48.6 Å². The Morgan fingerprint density at radius 2 is 1.83 bits per heavy atom. The lowest BCUT2D eigenvalue weighted by Gasteiger charge is -2.16. The second kappa shape index (κ2) is 11.4. The molecule has 0 spiro atoms. The minimum absolute atomic E-state index is 0.0299. The molecule has 0 saturated carbocycles. The van der Waals surface area contributed by atoms with Crippen molar-refractivity contribution in [3.8, 4) is 28.5 Å². The highest BCUT2D eigenvalue weighted by molar-refractivity contribution is 7.90. The molecule has 0 aliphatic carbocycles. The van der Waals surface area contributed by atoms with Crippen molar-refractivity contribution in [2.45, 2.75) is 51.3 Å². The summed E-state index contributed by atoms with van der Waals surface area (Å²) in [5.74, 6) is 2.12. The van der Waals surface area contributed by atoms with Gasteiger partial charge in [0.15, 0.2) is 14.9 Å². The molecule has 2 heterocycles. The molecule has 188 valence electrons. The van der Waals surface area contributed by atoms with Gasteiger partial charge in [0.2, 0.25) is 0 Å². The normalized spacial score (nSPS) is 13.8. The lowest BCUT2D eigenvalue weighted by Crippen LogP contribution is -2.16. The number of rotatable bonds is 11. The van der Waals surface area contributed by atoms with Gasteiger partial charge in [0.1, 0.15) is 29.1 Å². The van der Waals surface area contributed by atoms with Crippen LogP contribution in [-0.2, 0) is 14.6 Å². The number of ether oxygens (including phenoxy) is 3. The van der Waals surface area contributed by atoms with Crippen LogP contribution in [0.15, 0.2) is 59.8 Å². The Kier molecular flexibility index (Phi) is 8.58. The SMILES string of the molecule is C/C=C(/OC(C)CC)c1ccc(-c2cc(Oc3ccc(S(C)(=O)=O)nc3)cc(O[C@@H](C)CO)c2)[nH]1. The van der Waals surface area contributed by atoms with Crippen LogP contribution >= 0.6 is 0 Å². The highest BCUT2D eigenvalue weighted by Gasteiger charge is 2.14. The molecule has 0 bridgehead atoms. The molecule has 2 aromatic heterocycles. The first-order valence-electron chi connectivity index (χ1n) is 11.4. The van der Waals surface area contributed by atoms with Crippen molar-refractivity contribution in [3.05, 3.63) is 60.4 Å². The fourth-order valence-electron chi connectivity index (χ4n) is 3.20. The summed E-state index contributed by atoms with van der Waals surface area (Å²) in [4.78, 5) is 7.36. The van der Waals surface area contributed by atoms with Gasteiger partial charge >= 0.3 is 0 Å². The van der Waals surface area contributed by atoms with Crippen LogP contribution in [0.1, 0.15) is 39.8 Å². The molecule has 0 aliphatic heterocycles. The largest absolute Gasteiger partial charge is 0.489 e. The third-order valence-electron chi connectivity index (χ3n) is 5.23. The number of aromatic nitrogens is 2. The van der Waals surface area contributed by atoms with Gasteiger partial charge in [-0.25, -0.2) is 13.4 Å². The number of aromatic amines is 1. The maximum Gasteiger partial charge on any atom is 0.192 e. The average molecular weight is 501 g/mol. The molecule has 0 saturated heterocycles. The van der Waals surface area contributed by atoms with E-state index in [-0.39, 0.29) is 17.7 Å². The molecular formula is C26H32N2O6S. The number of aliphatic hydroxyl groups excluding tert-OH is 1. The second-order valence-corrected chi connectivity index (χ2v) is 10.2. The van der Waals surface area contributed by atoms with Crippen molar-refractivity contribution in [1.82, 2.24) is 9.97 Å². The minimum atomic E-state index is -3.40. The standard InChI is InChI=1S/C26H32N2O6S/c1-6-17(3)33-25(7-2)24-10-9-23(28-24)19-12-21(32-18(4)16-29)14-22(13-19)34-20-8-11-26(27-15-20)35(5,30)31/h7-15,17-18,28-29H,6,16H2,1-5H3/b25-7+/t17?,18-/m0/s1. The molecule has 3 aromatic rings. The predicted molar refractivity (Wildman–Crippen MR) is 135 cm³/mol. The quantitative estimate of drug-likeness (QED) is 0.348. The number of H-pyrrole nitrogens is 1. The van der Waals surface area contributed by atoms with E-state index in [2.05, 4.69) is 16.9 Å². The molecule has 1 aromatic carbocycles. The number of sulfone groups is 1. The molecule has 2 atom stereocenters. The molecule has 0 radical (unpaired) electrons. The molecular weight excluding hydrogens is 468 g/mol. The smallest absolute Gasteiger partial charge is 0.192 e. The van der Waals surface area contributed by atoms with E-state index in [1.54, 1.807) is 19.1 Å². The van der Waals surface area contributed by atoms with E-state index in [1.165, 1.54) is 12.3 Å². The predicted octanol–water partition coefficient (Wildman–Crippen LogP) is 5.21. The molecule has 9 heteroatoms. The molecule has 0 aliphatic rings. The Bertz CT molecular complexity index is 1270. The first-order chi connectivity index (χ1) is 16.6. The molecule has 35 heavy (non-hydrogen) atoms. The number of benzene rings is 1. The number of aliphatic hydroxyl groups is 1. The summed E-state index contributed by atoms with van der Waals surface area (Å²) in [6.07, 6.45) is 4.96. The van der Waals surface area contributed by atoms with Crippen LogP contribution in [0.4, 0.5) is 0 Å². The van der Waals surface area contributed by atoms with Gasteiger partial charge in [-0.05, 0) is 69.7 Å². The number of pyridine rings is 1. The number of allylic oxidation sites excluding steroid dienone is 1. The Labute approximate surface area is 206 Å². The highest BCUT2D eigenvalue weighted by atomic mass is 32.2. The van der Waals surface area contributed by atoms with Gasteiger partial charge in [0, 0.05) is 23.6 Å². The summed E-state index contributed by atoms with van der Waals surface area (Å²) in [7, 11) is -3.40. The van der Waals surface area contributed by atoms with E-state index in [9.17, 15) is 13.5 Å². The second-order valence-electron chi connectivity index (χ2n) is 8.29. The Morgan fingerprint density at radius 1 is 1.09 bits per heavy atom. The fourth-order valence-corrected chi connectivity index (χ4v) is 3.76. The third-order valence-corrected chi connectivity index (χ3v) is 6.23. The summed E-state index contributed by atoms with van der Waals surface area (Å²) < 4.78 is 41.1. The monoisotopic (exact) mass is 500 g/mol. The molecule has 2 N–H and O–H groups in total. The number of nitrogens with zero attached hydrogens (tertiary/aromatic N) is 1. The van der Waals surface area contributed by atoms with Crippen LogP contribution in [0.25, 0.3) is 17.0 Å². The van der Waals surface area contributed by atoms with Gasteiger partial charge in [0.05, 0.1) is 24.6 Å². The van der Waals surface area contributed by atoms with Crippen LogP contribution in [0.2, 0.25) is 0 Å². The lowest BCUT2D eigenvalue weighted by molar-refractivity contribution is 0.129. The van der Waals surface area contributed by atoms with E-state index >= 15 is 0 Å². The van der Waals surface area contributed by atoms with Gasteiger partial charge in [0.25, 0.3) is 0 Å². The maximum atomic E-state index is 11.7. The minimum Gasteiger partial charge on any atom is -0.489 e. The van der Waals surface area contributed by atoms with E-state index in [0.717, 1.165) is 35.4 Å². The number of hydrogen-bond acceptors (Lipinski definition) is 7. The van der Waals surface area contributed by atoms with Crippen molar-refractivity contribution in [3.63, 3.8) is 0 Å². The summed E-state index contributed by atoms with van der Waals surface area (Å²) in [5.41, 5.74) is 2.47. The van der Waals surface area contributed by atoms with Gasteiger partial charge in [-0.2, -0.15) is 0 Å². The van der Waals surface area contributed by atoms with Crippen LogP contribution in [0.5, 0.6) is 17.2 Å². The van der Waals surface area contributed by atoms with E-state index in [4.69, 9.17) is 14.2 Å². The Hall–Kier alpha value is -3.30. The summed E-state index contributed by atoms with van der Waals surface area (Å²) in [6, 6.07) is 12.2. The van der Waals surface area contributed by atoms with Crippen molar-refractivity contribution in [2.24, 2.45) is 0 Å². The van der Waals surface area contributed by atoms with E-state index < -0.39 is 15.9 Å². The maximum absolute atomic E-state index is 11.7. The molecule has 0 amide bonds. The van der Waals surface area contributed by atoms with Crippen LogP contribution < -0.4 is 9.47 Å². The summed E-state index contributed by atoms with van der Waals surface area (Å²) >= 11 is 0. The summed E-state index contributed by atoms with van der Waals surface area (Å²) in [5, 5.41) is 9.39.